The van der Waals surface area contributed by atoms with Crippen molar-refractivity contribution in [2.75, 3.05) is 12.3 Å². The Morgan fingerprint density at radius 3 is 2.86 bits per heavy atom. The van der Waals surface area contributed by atoms with Crippen molar-refractivity contribution in [3.8, 4) is 0 Å². The van der Waals surface area contributed by atoms with Gasteiger partial charge in [0.25, 0.3) is 0 Å². The number of nitrogen functional groups attached to an aromatic ring is 1. The van der Waals surface area contributed by atoms with E-state index in [1.165, 1.54) is 6.92 Å². The number of halogens is 1. The Labute approximate surface area is 117 Å². The van der Waals surface area contributed by atoms with E-state index in [-0.39, 0.29) is 17.2 Å². The molecule has 0 aliphatic carbocycles. The molecule has 2 aromatic rings. The van der Waals surface area contributed by atoms with Crippen molar-refractivity contribution in [2.24, 2.45) is 0 Å². The molecule has 10 heteroatoms. The van der Waals surface area contributed by atoms with Crippen LogP contribution in [0.4, 0.5) is 10.2 Å². The second kappa shape index (κ2) is 4.31. The molecule has 114 valence electrons. The van der Waals surface area contributed by atoms with Crippen molar-refractivity contribution in [3.63, 3.8) is 0 Å². The van der Waals surface area contributed by atoms with E-state index in [1.807, 2.05) is 0 Å². The van der Waals surface area contributed by atoms with Crippen molar-refractivity contribution in [2.45, 2.75) is 30.6 Å². The summed E-state index contributed by atoms with van der Waals surface area (Å²) in [6, 6.07) is 0. The van der Waals surface area contributed by atoms with Gasteiger partial charge in [0.15, 0.2) is 17.6 Å². The standard InChI is InChI=1S/C11H14FN5O4/c1-10(3-18)7(19)6(12)11(20,21-10)5-2-14-9-8(13)15-4-16-17(5)9/h2,4,6-7,18-20H,3H2,1H3,(H2,13,15,16)/t6-,7+,10-,11+/m1/s1. The molecule has 1 aliphatic rings. The van der Waals surface area contributed by atoms with Crippen LogP contribution < -0.4 is 5.73 Å². The molecule has 1 saturated heterocycles. The second-order valence-electron chi connectivity index (χ2n) is 5.14. The monoisotopic (exact) mass is 299 g/mol. The number of nitrogens with zero attached hydrogens (tertiary/aromatic N) is 4. The number of aliphatic hydroxyl groups excluding tert-OH is 2. The third kappa shape index (κ3) is 1.73. The lowest BCUT2D eigenvalue weighted by molar-refractivity contribution is -0.254. The first-order valence-electron chi connectivity index (χ1n) is 6.14. The highest BCUT2D eigenvalue weighted by Gasteiger charge is 2.62. The summed E-state index contributed by atoms with van der Waals surface area (Å²) in [5, 5.41) is 33.5. The van der Waals surface area contributed by atoms with Crippen molar-refractivity contribution < 1.29 is 24.4 Å². The van der Waals surface area contributed by atoms with Crippen LogP contribution in [0.15, 0.2) is 12.5 Å². The topological polar surface area (TPSA) is 139 Å². The number of rotatable bonds is 2. The molecule has 5 N–H and O–H groups in total. The summed E-state index contributed by atoms with van der Waals surface area (Å²) in [6.07, 6.45) is -1.69. The van der Waals surface area contributed by atoms with Gasteiger partial charge >= 0.3 is 0 Å². The zero-order valence-electron chi connectivity index (χ0n) is 11.0. The number of hydrogen-bond donors (Lipinski definition) is 4. The van der Waals surface area contributed by atoms with E-state index in [0.29, 0.717) is 0 Å². The number of hydrogen-bond acceptors (Lipinski definition) is 8. The number of ether oxygens (including phenoxy) is 1. The Balaban J connectivity index is 2.16. The lowest BCUT2D eigenvalue weighted by Gasteiger charge is -2.27. The van der Waals surface area contributed by atoms with E-state index in [1.54, 1.807) is 0 Å². The van der Waals surface area contributed by atoms with Crippen LogP contribution in [0.5, 0.6) is 0 Å². The number of nitrogens with two attached hydrogens (primary N) is 1. The second-order valence-corrected chi connectivity index (χ2v) is 5.14. The quantitative estimate of drug-likeness (QED) is 0.516. The molecule has 0 spiro atoms. The first kappa shape index (κ1) is 14.1. The number of anilines is 1. The summed E-state index contributed by atoms with van der Waals surface area (Å²) in [5.74, 6) is -2.48. The zero-order chi connectivity index (χ0) is 15.4. The Kier molecular flexibility index (Phi) is 2.89. The van der Waals surface area contributed by atoms with E-state index in [0.717, 1.165) is 17.0 Å². The third-order valence-corrected chi connectivity index (χ3v) is 3.68. The SMILES string of the molecule is C[C@]1(CO)O[C@@](O)(c2cnc3c(N)ncnn23)[C@H](F)[C@@H]1O. The van der Waals surface area contributed by atoms with Crippen LogP contribution in [0.1, 0.15) is 12.6 Å². The number of imidazole rings is 1. The molecule has 9 nitrogen and oxygen atoms in total. The van der Waals surface area contributed by atoms with Gasteiger partial charge in [0, 0.05) is 0 Å². The smallest absolute Gasteiger partial charge is 0.247 e. The van der Waals surface area contributed by atoms with Gasteiger partial charge in [0.1, 0.15) is 23.7 Å². The van der Waals surface area contributed by atoms with Gasteiger partial charge in [-0.25, -0.2) is 18.9 Å². The molecule has 4 atom stereocenters. The van der Waals surface area contributed by atoms with Crippen LogP contribution in [-0.2, 0) is 10.5 Å². The first-order valence-corrected chi connectivity index (χ1v) is 6.14. The van der Waals surface area contributed by atoms with Gasteiger partial charge in [-0.1, -0.05) is 0 Å². The van der Waals surface area contributed by atoms with Gasteiger partial charge in [-0.15, -0.1) is 0 Å². The van der Waals surface area contributed by atoms with Crippen molar-refractivity contribution in [1.29, 1.82) is 0 Å². The Morgan fingerprint density at radius 2 is 2.24 bits per heavy atom. The average molecular weight is 299 g/mol. The summed E-state index contributed by atoms with van der Waals surface area (Å²) in [5.41, 5.74) is 3.91. The molecule has 3 heterocycles. The first-order chi connectivity index (χ1) is 9.83. The van der Waals surface area contributed by atoms with Gasteiger partial charge in [0.05, 0.1) is 12.8 Å². The van der Waals surface area contributed by atoms with Crippen LogP contribution in [0.25, 0.3) is 5.65 Å². The summed E-state index contributed by atoms with van der Waals surface area (Å²) in [4.78, 5) is 7.63. The van der Waals surface area contributed by atoms with E-state index < -0.39 is 30.3 Å². The maximum atomic E-state index is 14.4. The van der Waals surface area contributed by atoms with E-state index in [9.17, 15) is 19.7 Å². The van der Waals surface area contributed by atoms with Crippen LogP contribution in [0.3, 0.4) is 0 Å². The maximum Gasteiger partial charge on any atom is 0.247 e. The van der Waals surface area contributed by atoms with E-state index >= 15 is 0 Å². The minimum atomic E-state index is -2.52. The van der Waals surface area contributed by atoms with E-state index in [2.05, 4.69) is 15.1 Å². The van der Waals surface area contributed by atoms with Crippen molar-refractivity contribution >= 4 is 11.5 Å². The molecule has 1 aliphatic heterocycles. The van der Waals surface area contributed by atoms with Gasteiger partial charge < -0.3 is 25.8 Å². The molecule has 0 saturated carbocycles. The van der Waals surface area contributed by atoms with Gasteiger partial charge in [-0.2, -0.15) is 5.10 Å². The Bertz CT molecular complexity index is 696. The Morgan fingerprint density at radius 1 is 1.52 bits per heavy atom. The molecule has 0 radical (unpaired) electrons. The van der Waals surface area contributed by atoms with Gasteiger partial charge in [-0.05, 0) is 6.92 Å². The highest BCUT2D eigenvalue weighted by Crippen LogP contribution is 2.44. The molecule has 3 rings (SSSR count). The molecule has 0 aromatic carbocycles. The molecular formula is C11H14FN5O4. The van der Waals surface area contributed by atoms with Crippen molar-refractivity contribution in [1.82, 2.24) is 19.6 Å². The number of fused-ring (bicyclic) bond motifs is 1. The number of aliphatic hydroxyl groups is 3. The zero-order valence-corrected chi connectivity index (χ0v) is 11.0. The molecular weight excluding hydrogens is 285 g/mol. The summed E-state index contributed by atoms with van der Waals surface area (Å²) < 4.78 is 20.7. The fourth-order valence-corrected chi connectivity index (χ4v) is 2.39. The molecule has 2 aromatic heterocycles. The largest absolute Gasteiger partial charge is 0.393 e. The molecule has 21 heavy (non-hydrogen) atoms. The third-order valence-electron chi connectivity index (χ3n) is 3.68. The predicted molar refractivity (Wildman–Crippen MR) is 66.6 cm³/mol. The van der Waals surface area contributed by atoms with Gasteiger partial charge in [0.2, 0.25) is 5.79 Å². The normalized spacial score (nSPS) is 36.4. The minimum absolute atomic E-state index is 0.0405. The van der Waals surface area contributed by atoms with Crippen LogP contribution in [0, 0.1) is 0 Å². The van der Waals surface area contributed by atoms with Crippen LogP contribution >= 0.6 is 0 Å². The fourth-order valence-electron chi connectivity index (χ4n) is 2.39. The fraction of sp³-hybridized carbons (Fsp3) is 0.545. The van der Waals surface area contributed by atoms with Crippen LogP contribution in [-0.4, -0.2) is 59.4 Å². The lowest BCUT2D eigenvalue weighted by Crippen LogP contribution is -2.42. The highest BCUT2D eigenvalue weighted by atomic mass is 19.1. The molecule has 0 bridgehead atoms. The molecule has 0 unspecified atom stereocenters. The average Bonchev–Trinajstić information content (AvgIpc) is 2.97. The minimum Gasteiger partial charge on any atom is -0.393 e. The lowest BCUT2D eigenvalue weighted by atomic mass is 9.96. The Hall–Kier alpha value is -1.88. The number of aromatic nitrogens is 4. The van der Waals surface area contributed by atoms with Gasteiger partial charge in [-0.3, -0.25) is 0 Å². The highest BCUT2D eigenvalue weighted by molar-refractivity contribution is 5.59. The summed E-state index contributed by atoms with van der Waals surface area (Å²) in [7, 11) is 0. The maximum absolute atomic E-state index is 14.4. The summed E-state index contributed by atoms with van der Waals surface area (Å²) >= 11 is 0. The number of alkyl halides is 1. The molecule has 0 amide bonds. The molecule has 1 fully saturated rings. The van der Waals surface area contributed by atoms with E-state index in [4.69, 9.17) is 10.5 Å². The van der Waals surface area contributed by atoms with Crippen molar-refractivity contribution in [3.05, 3.63) is 18.2 Å². The summed E-state index contributed by atoms with van der Waals surface area (Å²) in [6.45, 7) is 0.611. The van der Waals surface area contributed by atoms with Crippen LogP contribution in [0.2, 0.25) is 0 Å². The predicted octanol–water partition coefficient (Wildman–Crippen LogP) is -1.67.